The number of rotatable bonds is 4. The maximum atomic E-state index is 12.6. The predicted octanol–water partition coefficient (Wildman–Crippen LogP) is 3.26. The van der Waals surface area contributed by atoms with Crippen LogP contribution in [0.2, 0.25) is 0 Å². The standard InChI is InChI=1S/C17H11F3N2O5/c18-17(19,20)27-13-6-4-11(5-7-13)21-9-14(23)22(16(21)26)12-3-1-2-10(8-12)15(24)25/h1-8H,9H2,(H,24,25). The molecule has 0 aliphatic carbocycles. The van der Waals surface area contributed by atoms with Crippen LogP contribution in [0.5, 0.6) is 5.75 Å². The molecule has 0 unspecified atom stereocenters. The first kappa shape index (κ1) is 18.2. The van der Waals surface area contributed by atoms with Crippen LogP contribution in [-0.2, 0) is 4.79 Å². The molecule has 10 heteroatoms. The molecule has 2 aromatic carbocycles. The van der Waals surface area contributed by atoms with E-state index in [-0.39, 0.29) is 23.5 Å². The van der Waals surface area contributed by atoms with Crippen molar-refractivity contribution in [2.24, 2.45) is 0 Å². The van der Waals surface area contributed by atoms with E-state index >= 15 is 0 Å². The molecule has 1 N–H and O–H groups in total. The highest BCUT2D eigenvalue weighted by molar-refractivity contribution is 6.27. The van der Waals surface area contributed by atoms with Gasteiger partial charge in [0, 0.05) is 5.69 Å². The Kier molecular flexibility index (Phi) is 4.48. The Balaban J connectivity index is 1.84. The summed E-state index contributed by atoms with van der Waals surface area (Å²) in [6.45, 7) is -0.338. The Morgan fingerprint density at radius 2 is 1.70 bits per heavy atom. The molecule has 27 heavy (non-hydrogen) atoms. The largest absolute Gasteiger partial charge is 0.573 e. The van der Waals surface area contributed by atoms with Crippen LogP contribution in [0.25, 0.3) is 0 Å². The lowest BCUT2D eigenvalue weighted by atomic mass is 10.2. The van der Waals surface area contributed by atoms with E-state index < -0.39 is 30.0 Å². The second kappa shape index (κ2) is 6.63. The van der Waals surface area contributed by atoms with Crippen LogP contribution in [0.15, 0.2) is 48.5 Å². The number of carboxylic acids is 1. The molecular formula is C17H11F3N2O5. The molecule has 1 fully saturated rings. The van der Waals surface area contributed by atoms with Crippen molar-refractivity contribution in [1.29, 1.82) is 0 Å². The number of nitrogens with zero attached hydrogens (tertiary/aromatic N) is 2. The van der Waals surface area contributed by atoms with Crippen LogP contribution < -0.4 is 14.5 Å². The van der Waals surface area contributed by atoms with Crippen molar-refractivity contribution in [2.75, 3.05) is 16.3 Å². The minimum absolute atomic E-state index is 0.0874. The minimum atomic E-state index is -4.84. The quantitative estimate of drug-likeness (QED) is 0.823. The number of aromatic carboxylic acids is 1. The Morgan fingerprint density at radius 1 is 1.04 bits per heavy atom. The van der Waals surface area contributed by atoms with E-state index in [0.29, 0.717) is 0 Å². The molecule has 140 valence electrons. The second-order valence-electron chi connectivity index (χ2n) is 5.50. The minimum Gasteiger partial charge on any atom is -0.478 e. The number of imide groups is 1. The van der Waals surface area contributed by atoms with Crippen molar-refractivity contribution in [3.8, 4) is 5.75 Å². The summed E-state index contributed by atoms with van der Waals surface area (Å²) in [5, 5.41) is 9.03. The predicted molar refractivity (Wildman–Crippen MR) is 86.8 cm³/mol. The second-order valence-corrected chi connectivity index (χ2v) is 5.50. The van der Waals surface area contributed by atoms with Crippen LogP contribution in [0.4, 0.5) is 29.3 Å². The number of carboxylic acid groups (broad SMARTS) is 1. The summed E-state index contributed by atoms with van der Waals surface area (Å²) in [7, 11) is 0. The lowest BCUT2D eigenvalue weighted by molar-refractivity contribution is -0.274. The number of anilines is 2. The van der Waals surface area contributed by atoms with Crippen molar-refractivity contribution < 1.29 is 37.4 Å². The highest BCUT2D eigenvalue weighted by atomic mass is 19.4. The zero-order chi connectivity index (χ0) is 19.8. The Bertz CT molecular complexity index is 912. The molecule has 1 heterocycles. The van der Waals surface area contributed by atoms with E-state index in [1.54, 1.807) is 0 Å². The Morgan fingerprint density at radius 3 is 2.30 bits per heavy atom. The number of halogens is 3. The Labute approximate surface area is 150 Å². The summed E-state index contributed by atoms with van der Waals surface area (Å²) in [4.78, 5) is 37.8. The van der Waals surface area contributed by atoms with Gasteiger partial charge in [-0.2, -0.15) is 0 Å². The fraction of sp³-hybridized carbons (Fsp3) is 0.118. The lowest BCUT2D eigenvalue weighted by Gasteiger charge is -2.18. The van der Waals surface area contributed by atoms with Crippen molar-refractivity contribution in [2.45, 2.75) is 6.36 Å². The van der Waals surface area contributed by atoms with E-state index in [9.17, 15) is 27.6 Å². The zero-order valence-electron chi connectivity index (χ0n) is 13.4. The van der Waals surface area contributed by atoms with Gasteiger partial charge in [-0.3, -0.25) is 9.69 Å². The van der Waals surface area contributed by atoms with Crippen molar-refractivity contribution in [3.63, 3.8) is 0 Å². The Hall–Kier alpha value is -3.56. The highest BCUT2D eigenvalue weighted by Gasteiger charge is 2.38. The SMILES string of the molecule is O=C(O)c1cccc(N2C(=O)CN(c3ccc(OC(F)(F)F)cc3)C2=O)c1. The molecular weight excluding hydrogens is 369 g/mol. The van der Waals surface area contributed by atoms with Gasteiger partial charge in [0.15, 0.2) is 0 Å². The van der Waals surface area contributed by atoms with Gasteiger partial charge in [-0.05, 0) is 42.5 Å². The van der Waals surface area contributed by atoms with Crippen LogP contribution in [0.3, 0.4) is 0 Å². The smallest absolute Gasteiger partial charge is 0.478 e. The number of alkyl halides is 3. The molecule has 0 saturated carbocycles. The molecule has 0 aromatic heterocycles. The van der Waals surface area contributed by atoms with Gasteiger partial charge < -0.3 is 9.84 Å². The third kappa shape index (κ3) is 3.84. The van der Waals surface area contributed by atoms with Crippen LogP contribution in [0.1, 0.15) is 10.4 Å². The van der Waals surface area contributed by atoms with Crippen molar-refractivity contribution in [1.82, 2.24) is 0 Å². The van der Waals surface area contributed by atoms with E-state index in [0.717, 1.165) is 21.9 Å². The third-order valence-corrected chi connectivity index (χ3v) is 3.70. The molecule has 3 amide bonds. The number of benzene rings is 2. The van der Waals surface area contributed by atoms with E-state index in [2.05, 4.69) is 4.74 Å². The first-order valence-electron chi connectivity index (χ1n) is 7.49. The van der Waals surface area contributed by atoms with Gasteiger partial charge in [-0.1, -0.05) is 6.07 Å². The normalized spacial score (nSPS) is 14.6. The molecule has 7 nitrogen and oxygen atoms in total. The van der Waals surface area contributed by atoms with Crippen LogP contribution >= 0.6 is 0 Å². The average molecular weight is 380 g/mol. The summed E-state index contributed by atoms with van der Waals surface area (Å²) >= 11 is 0. The van der Waals surface area contributed by atoms with Gasteiger partial charge in [-0.15, -0.1) is 13.2 Å². The maximum absolute atomic E-state index is 12.6. The fourth-order valence-electron chi connectivity index (χ4n) is 2.56. The monoisotopic (exact) mass is 380 g/mol. The highest BCUT2D eigenvalue weighted by Crippen LogP contribution is 2.29. The molecule has 2 aromatic rings. The number of hydrogen-bond donors (Lipinski definition) is 1. The molecule has 1 aliphatic rings. The van der Waals surface area contributed by atoms with E-state index in [1.807, 2.05) is 0 Å². The van der Waals surface area contributed by atoms with Gasteiger partial charge >= 0.3 is 18.4 Å². The molecule has 1 saturated heterocycles. The summed E-state index contributed by atoms with van der Waals surface area (Å²) in [6, 6.07) is 9.02. The van der Waals surface area contributed by atoms with Crippen molar-refractivity contribution in [3.05, 3.63) is 54.1 Å². The van der Waals surface area contributed by atoms with Crippen LogP contribution in [-0.4, -0.2) is 35.9 Å². The van der Waals surface area contributed by atoms with Gasteiger partial charge in [0.05, 0.1) is 11.3 Å². The number of amides is 3. The van der Waals surface area contributed by atoms with E-state index in [1.165, 1.54) is 36.4 Å². The zero-order valence-corrected chi connectivity index (χ0v) is 13.4. The summed E-state index contributed by atoms with van der Waals surface area (Å²) in [5.74, 6) is -2.28. The summed E-state index contributed by atoms with van der Waals surface area (Å²) in [6.07, 6.45) is -4.84. The van der Waals surface area contributed by atoms with Crippen LogP contribution in [0, 0.1) is 0 Å². The topological polar surface area (TPSA) is 87.2 Å². The third-order valence-electron chi connectivity index (χ3n) is 3.70. The lowest BCUT2D eigenvalue weighted by Crippen LogP contribution is -2.33. The number of hydrogen-bond acceptors (Lipinski definition) is 4. The molecule has 3 rings (SSSR count). The van der Waals surface area contributed by atoms with Gasteiger partial charge in [0.2, 0.25) is 0 Å². The molecule has 0 atom stereocenters. The summed E-state index contributed by atoms with van der Waals surface area (Å²) in [5.41, 5.74) is 0.185. The molecule has 0 bridgehead atoms. The van der Waals surface area contributed by atoms with Crippen molar-refractivity contribution >= 4 is 29.3 Å². The number of carbonyl (C=O) groups excluding carboxylic acids is 2. The van der Waals surface area contributed by atoms with Gasteiger partial charge in [0.25, 0.3) is 5.91 Å². The summed E-state index contributed by atoms with van der Waals surface area (Å²) < 4.78 is 40.4. The van der Waals surface area contributed by atoms with E-state index in [4.69, 9.17) is 5.11 Å². The first-order chi connectivity index (χ1) is 12.7. The average Bonchev–Trinajstić information content (AvgIpc) is 2.89. The molecule has 0 radical (unpaired) electrons. The maximum Gasteiger partial charge on any atom is 0.573 e. The number of urea groups is 1. The fourth-order valence-corrected chi connectivity index (χ4v) is 2.56. The van der Waals surface area contributed by atoms with Gasteiger partial charge in [0.1, 0.15) is 12.3 Å². The number of ether oxygens (including phenoxy) is 1. The number of carbonyl (C=O) groups is 3. The molecule has 1 aliphatic heterocycles. The van der Waals surface area contributed by atoms with Gasteiger partial charge in [-0.25, -0.2) is 14.5 Å². The first-order valence-corrected chi connectivity index (χ1v) is 7.49. The molecule has 0 spiro atoms.